The first-order valence-electron chi connectivity index (χ1n) is 10.9. The van der Waals surface area contributed by atoms with Crippen LogP contribution in [0.5, 0.6) is 5.75 Å². The molecule has 0 bridgehead atoms. The van der Waals surface area contributed by atoms with Gasteiger partial charge in [0.05, 0.1) is 12.2 Å². The van der Waals surface area contributed by atoms with Crippen LogP contribution in [0.1, 0.15) is 37.9 Å². The van der Waals surface area contributed by atoms with E-state index in [0.29, 0.717) is 31.6 Å². The Bertz CT molecular complexity index is 939. The number of imide groups is 1. The number of benzene rings is 1. The zero-order valence-corrected chi connectivity index (χ0v) is 18.2. The molecule has 2 aliphatic heterocycles. The third kappa shape index (κ3) is 4.28. The largest absolute Gasteiger partial charge is 0.508 e. The van der Waals surface area contributed by atoms with Gasteiger partial charge in [0.2, 0.25) is 0 Å². The fourth-order valence-electron chi connectivity index (χ4n) is 4.67. The summed E-state index contributed by atoms with van der Waals surface area (Å²) in [6.45, 7) is 7.08. The molecule has 0 atom stereocenters. The highest BCUT2D eigenvalue weighted by atomic mass is 16.3. The Kier molecular flexibility index (Phi) is 5.96. The number of aromatic nitrogens is 1. The van der Waals surface area contributed by atoms with Gasteiger partial charge in [-0.1, -0.05) is 32.0 Å². The molecule has 164 valence electrons. The van der Waals surface area contributed by atoms with Crippen LogP contribution < -0.4 is 0 Å². The summed E-state index contributed by atoms with van der Waals surface area (Å²) in [4.78, 5) is 36.7. The standard InChI is InChI=1S/C24H30N4O3/c1-18(2)15-28-23(31)27(17-20-7-3-4-11-25-20)22(30)24(28)9-12-26(13-10-24)16-19-6-5-8-21(29)14-19/h3-8,11,14,18,29H,9-10,12-13,15-17H2,1-2H3. The molecular weight excluding hydrogens is 392 g/mol. The minimum absolute atomic E-state index is 0.0965. The number of amides is 3. The number of hydrogen-bond acceptors (Lipinski definition) is 5. The maximum absolute atomic E-state index is 13.6. The van der Waals surface area contributed by atoms with E-state index in [0.717, 1.165) is 18.7 Å². The Labute approximate surface area is 183 Å². The van der Waals surface area contributed by atoms with Crippen molar-refractivity contribution in [1.29, 1.82) is 0 Å². The molecule has 3 heterocycles. The lowest BCUT2D eigenvalue weighted by atomic mass is 9.85. The van der Waals surface area contributed by atoms with Gasteiger partial charge in [0.15, 0.2) is 0 Å². The molecule has 4 rings (SSSR count). The van der Waals surface area contributed by atoms with E-state index < -0.39 is 5.54 Å². The molecule has 1 aromatic carbocycles. The van der Waals surface area contributed by atoms with Crippen LogP contribution in [0.4, 0.5) is 4.79 Å². The van der Waals surface area contributed by atoms with E-state index in [-0.39, 0.29) is 30.2 Å². The van der Waals surface area contributed by atoms with Gasteiger partial charge >= 0.3 is 6.03 Å². The van der Waals surface area contributed by atoms with Crippen molar-refractivity contribution in [3.05, 3.63) is 59.9 Å². The van der Waals surface area contributed by atoms with Crippen LogP contribution >= 0.6 is 0 Å². The summed E-state index contributed by atoms with van der Waals surface area (Å²) >= 11 is 0. The van der Waals surface area contributed by atoms with Gasteiger partial charge in [-0.3, -0.25) is 19.6 Å². The second kappa shape index (κ2) is 8.67. The first-order chi connectivity index (χ1) is 14.9. The predicted molar refractivity (Wildman–Crippen MR) is 117 cm³/mol. The van der Waals surface area contributed by atoms with E-state index >= 15 is 0 Å². The molecule has 0 radical (unpaired) electrons. The number of likely N-dealkylation sites (tertiary alicyclic amines) is 1. The molecular formula is C24H30N4O3. The van der Waals surface area contributed by atoms with Gasteiger partial charge < -0.3 is 10.0 Å². The third-order valence-corrected chi connectivity index (χ3v) is 6.22. The summed E-state index contributed by atoms with van der Waals surface area (Å²) in [5.74, 6) is 0.436. The van der Waals surface area contributed by atoms with Gasteiger partial charge in [0.1, 0.15) is 11.3 Å². The number of rotatable bonds is 6. The molecule has 0 saturated carbocycles. The number of piperidine rings is 1. The van der Waals surface area contributed by atoms with Gasteiger partial charge in [0.25, 0.3) is 5.91 Å². The molecule has 0 aliphatic carbocycles. The van der Waals surface area contributed by atoms with Crippen LogP contribution in [0.15, 0.2) is 48.7 Å². The molecule has 1 spiro atoms. The predicted octanol–water partition coefficient (Wildman–Crippen LogP) is 3.24. The molecule has 2 saturated heterocycles. The van der Waals surface area contributed by atoms with E-state index in [4.69, 9.17) is 0 Å². The van der Waals surface area contributed by atoms with E-state index in [1.54, 1.807) is 18.3 Å². The minimum atomic E-state index is -0.772. The van der Waals surface area contributed by atoms with E-state index in [2.05, 4.69) is 23.7 Å². The lowest BCUT2D eigenvalue weighted by Gasteiger charge is -2.42. The molecule has 2 aromatic rings. The average Bonchev–Trinajstić information content (AvgIpc) is 2.92. The lowest BCUT2D eigenvalue weighted by Crippen LogP contribution is -2.57. The molecule has 7 heteroatoms. The molecule has 2 aliphatic rings. The van der Waals surface area contributed by atoms with Gasteiger partial charge in [-0.25, -0.2) is 4.79 Å². The number of phenolic OH excluding ortho intramolecular Hbond substituents is 1. The van der Waals surface area contributed by atoms with Crippen LogP contribution in [0, 0.1) is 5.92 Å². The molecule has 31 heavy (non-hydrogen) atoms. The maximum atomic E-state index is 13.6. The maximum Gasteiger partial charge on any atom is 0.328 e. The van der Waals surface area contributed by atoms with Crippen LogP contribution in [-0.2, 0) is 17.9 Å². The Hall–Kier alpha value is -2.93. The second-order valence-electron chi connectivity index (χ2n) is 8.98. The first-order valence-corrected chi connectivity index (χ1v) is 10.9. The van der Waals surface area contributed by atoms with Crippen molar-refractivity contribution in [2.75, 3.05) is 19.6 Å². The number of nitrogens with zero attached hydrogens (tertiary/aromatic N) is 4. The number of carbonyl (C=O) groups excluding carboxylic acids is 2. The second-order valence-corrected chi connectivity index (χ2v) is 8.98. The summed E-state index contributed by atoms with van der Waals surface area (Å²) in [5, 5.41) is 9.72. The van der Waals surface area contributed by atoms with Crippen LogP contribution in [0.2, 0.25) is 0 Å². The molecule has 0 unspecified atom stereocenters. The van der Waals surface area contributed by atoms with Crippen molar-refractivity contribution in [1.82, 2.24) is 19.7 Å². The summed E-state index contributed by atoms with van der Waals surface area (Å²) in [6, 6.07) is 12.6. The summed E-state index contributed by atoms with van der Waals surface area (Å²) in [5.41, 5.74) is 0.985. The smallest absolute Gasteiger partial charge is 0.328 e. The van der Waals surface area contributed by atoms with Gasteiger partial charge in [0, 0.05) is 32.4 Å². The summed E-state index contributed by atoms with van der Waals surface area (Å²) < 4.78 is 0. The highest BCUT2D eigenvalue weighted by Gasteiger charge is 2.57. The van der Waals surface area contributed by atoms with E-state index in [9.17, 15) is 14.7 Å². The highest BCUT2D eigenvalue weighted by Crippen LogP contribution is 2.38. The van der Waals surface area contributed by atoms with Crippen molar-refractivity contribution in [2.24, 2.45) is 5.92 Å². The first kappa shape index (κ1) is 21.3. The quantitative estimate of drug-likeness (QED) is 0.723. The number of urea groups is 1. The molecule has 3 amide bonds. The number of hydrogen-bond donors (Lipinski definition) is 1. The van der Waals surface area contributed by atoms with Crippen LogP contribution in [-0.4, -0.2) is 61.9 Å². The minimum Gasteiger partial charge on any atom is -0.508 e. The summed E-state index contributed by atoms with van der Waals surface area (Å²) in [7, 11) is 0. The number of aromatic hydroxyl groups is 1. The van der Waals surface area contributed by atoms with Crippen molar-refractivity contribution < 1.29 is 14.7 Å². The van der Waals surface area contributed by atoms with Gasteiger partial charge in [-0.2, -0.15) is 0 Å². The van der Waals surface area contributed by atoms with Crippen molar-refractivity contribution in [2.45, 2.75) is 45.3 Å². The highest BCUT2D eigenvalue weighted by molar-refractivity contribution is 6.07. The van der Waals surface area contributed by atoms with Crippen LogP contribution in [0.25, 0.3) is 0 Å². The van der Waals surface area contributed by atoms with E-state index in [1.807, 2.05) is 35.2 Å². The fraction of sp³-hybridized carbons (Fsp3) is 0.458. The topological polar surface area (TPSA) is 77.0 Å². The van der Waals surface area contributed by atoms with E-state index in [1.165, 1.54) is 4.90 Å². The fourth-order valence-corrected chi connectivity index (χ4v) is 4.67. The van der Waals surface area contributed by atoms with Gasteiger partial charge in [-0.15, -0.1) is 0 Å². The normalized spacial score (nSPS) is 19.1. The molecule has 2 fully saturated rings. The monoisotopic (exact) mass is 422 g/mol. The number of pyridine rings is 1. The summed E-state index contributed by atoms with van der Waals surface area (Å²) in [6.07, 6.45) is 2.91. The van der Waals surface area contributed by atoms with Gasteiger partial charge in [-0.05, 0) is 48.6 Å². The number of carbonyl (C=O) groups is 2. The third-order valence-electron chi connectivity index (χ3n) is 6.22. The SMILES string of the molecule is CC(C)CN1C(=O)N(Cc2ccccn2)C(=O)C12CCN(Cc1cccc(O)c1)CC2. The zero-order chi connectivity index (χ0) is 22.0. The van der Waals surface area contributed by atoms with Crippen molar-refractivity contribution in [3.8, 4) is 5.75 Å². The lowest BCUT2D eigenvalue weighted by molar-refractivity contribution is -0.136. The Morgan fingerprint density at radius 3 is 2.48 bits per heavy atom. The average molecular weight is 423 g/mol. The Morgan fingerprint density at radius 1 is 1.06 bits per heavy atom. The molecule has 1 N–H and O–H groups in total. The number of phenols is 1. The molecule has 1 aromatic heterocycles. The van der Waals surface area contributed by atoms with Crippen molar-refractivity contribution in [3.63, 3.8) is 0 Å². The molecule has 7 nitrogen and oxygen atoms in total. The van der Waals surface area contributed by atoms with Crippen molar-refractivity contribution >= 4 is 11.9 Å². The van der Waals surface area contributed by atoms with Crippen LogP contribution in [0.3, 0.4) is 0 Å². The Morgan fingerprint density at radius 2 is 1.84 bits per heavy atom. The Balaban J connectivity index is 1.52. The zero-order valence-electron chi connectivity index (χ0n) is 18.2.